The highest BCUT2D eigenvalue weighted by Gasteiger charge is 2.39. The van der Waals surface area contributed by atoms with Crippen LogP contribution in [0.5, 0.6) is 0 Å². The molecule has 1 aromatic heterocycles. The van der Waals surface area contributed by atoms with Gasteiger partial charge in [0.1, 0.15) is 11.8 Å². The van der Waals surface area contributed by atoms with E-state index in [1.165, 1.54) is 11.3 Å². The van der Waals surface area contributed by atoms with Gasteiger partial charge in [0.05, 0.1) is 16.8 Å². The summed E-state index contributed by atoms with van der Waals surface area (Å²) in [5, 5.41) is 22.4. The van der Waals surface area contributed by atoms with Crippen LogP contribution in [0.15, 0.2) is 53.6 Å². The molecule has 32 heavy (non-hydrogen) atoms. The first kappa shape index (κ1) is 24.1. The standard InChI is InChI=1S/C24H30FN3O3S/c1-5-18(20(30)14-29)13-16(3)17(4)24(25)8-10-28(11-9-24)23(31)27-22-26-19-7-6-15(2)12-21(19)32-22/h5-7,12-13,20,29-30H,4,8-11,14H2,1-3H3,(H,26,27,31)/b16-13-,18-5+. The molecule has 3 N–H and O–H groups in total. The predicted octanol–water partition coefficient (Wildman–Crippen LogP) is 4.74. The number of nitrogens with one attached hydrogen (secondary N) is 1. The number of nitrogens with zero attached hydrogens (tertiary/aromatic N) is 2. The molecule has 1 saturated heterocycles. The molecule has 2 amide bonds. The molecule has 2 aromatic rings. The predicted molar refractivity (Wildman–Crippen MR) is 128 cm³/mol. The first-order chi connectivity index (χ1) is 15.2. The van der Waals surface area contributed by atoms with Crippen LogP contribution in [0.1, 0.15) is 32.3 Å². The average Bonchev–Trinajstić information content (AvgIpc) is 3.17. The summed E-state index contributed by atoms with van der Waals surface area (Å²) in [5.41, 5.74) is 1.79. The molecular formula is C24H30FN3O3S. The molecule has 2 heterocycles. The number of benzene rings is 1. The van der Waals surface area contributed by atoms with Crippen molar-refractivity contribution < 1.29 is 19.4 Å². The fourth-order valence-corrected chi connectivity index (χ4v) is 4.74. The number of aromatic nitrogens is 1. The quantitative estimate of drug-likeness (QED) is 0.545. The number of halogens is 1. The Labute approximate surface area is 191 Å². The number of aliphatic hydroxyl groups is 2. The van der Waals surface area contributed by atoms with Crippen LogP contribution in [0.3, 0.4) is 0 Å². The second kappa shape index (κ2) is 9.94. The number of carbonyl (C=O) groups excluding carboxylic acids is 1. The number of urea groups is 1. The Hall–Kier alpha value is -2.55. The van der Waals surface area contributed by atoms with E-state index in [2.05, 4.69) is 16.9 Å². The highest BCUT2D eigenvalue weighted by molar-refractivity contribution is 7.22. The Bertz CT molecular complexity index is 1070. The second-order valence-corrected chi connectivity index (χ2v) is 9.20. The second-order valence-electron chi connectivity index (χ2n) is 8.17. The van der Waals surface area contributed by atoms with Crippen molar-refractivity contribution in [2.45, 2.75) is 45.4 Å². The van der Waals surface area contributed by atoms with Crippen molar-refractivity contribution >= 4 is 32.7 Å². The molecule has 172 valence electrons. The minimum atomic E-state index is -1.63. The van der Waals surface area contributed by atoms with Crippen LogP contribution < -0.4 is 5.32 Å². The van der Waals surface area contributed by atoms with Crippen LogP contribution in [0.2, 0.25) is 0 Å². The molecule has 0 saturated carbocycles. The maximum atomic E-state index is 15.7. The first-order valence-electron chi connectivity index (χ1n) is 10.6. The number of amides is 2. The summed E-state index contributed by atoms with van der Waals surface area (Å²) in [6, 6.07) is 5.64. The number of hydrogen-bond acceptors (Lipinski definition) is 5. The van der Waals surface area contributed by atoms with Gasteiger partial charge in [0.2, 0.25) is 0 Å². The lowest BCUT2D eigenvalue weighted by molar-refractivity contribution is 0.107. The zero-order valence-corrected chi connectivity index (χ0v) is 19.5. The molecule has 0 radical (unpaired) electrons. The summed E-state index contributed by atoms with van der Waals surface area (Å²) >= 11 is 1.42. The van der Waals surface area contributed by atoms with Gasteiger partial charge < -0.3 is 15.1 Å². The van der Waals surface area contributed by atoms with Crippen LogP contribution in [-0.2, 0) is 0 Å². The van der Waals surface area contributed by atoms with Gasteiger partial charge in [-0.1, -0.05) is 36.1 Å². The van der Waals surface area contributed by atoms with Gasteiger partial charge in [-0.3, -0.25) is 5.32 Å². The van der Waals surface area contributed by atoms with E-state index >= 15 is 4.39 Å². The van der Waals surface area contributed by atoms with E-state index in [-0.39, 0.29) is 32.0 Å². The Morgan fingerprint density at radius 1 is 1.44 bits per heavy atom. The van der Waals surface area contributed by atoms with Gasteiger partial charge in [0.15, 0.2) is 5.13 Å². The van der Waals surface area contributed by atoms with Gasteiger partial charge >= 0.3 is 6.03 Å². The van der Waals surface area contributed by atoms with Gasteiger partial charge in [0, 0.05) is 25.9 Å². The van der Waals surface area contributed by atoms with E-state index in [4.69, 9.17) is 5.11 Å². The molecule has 3 rings (SSSR count). The summed E-state index contributed by atoms with van der Waals surface area (Å²) in [5.74, 6) is 0. The molecule has 0 aliphatic carbocycles. The van der Waals surface area contributed by atoms with Crippen molar-refractivity contribution in [1.29, 1.82) is 0 Å². The van der Waals surface area contributed by atoms with Gasteiger partial charge in [-0.25, -0.2) is 14.2 Å². The monoisotopic (exact) mass is 459 g/mol. The fourth-order valence-electron chi connectivity index (χ4n) is 3.79. The third-order valence-corrected chi connectivity index (χ3v) is 6.83. The number of carbonyl (C=O) groups is 1. The van der Waals surface area contributed by atoms with Crippen LogP contribution >= 0.6 is 11.3 Å². The third kappa shape index (κ3) is 5.26. The summed E-state index contributed by atoms with van der Waals surface area (Å²) in [4.78, 5) is 18.7. The van der Waals surface area contributed by atoms with Crippen molar-refractivity contribution in [2.75, 3.05) is 25.0 Å². The molecule has 0 spiro atoms. The zero-order chi connectivity index (χ0) is 23.5. The highest BCUT2D eigenvalue weighted by atomic mass is 32.1. The number of thiazole rings is 1. The number of aliphatic hydroxyl groups excluding tert-OH is 2. The topological polar surface area (TPSA) is 85.7 Å². The smallest absolute Gasteiger partial charge is 0.323 e. The molecule has 1 unspecified atom stereocenters. The van der Waals surface area contributed by atoms with Crippen molar-refractivity contribution in [1.82, 2.24) is 9.88 Å². The van der Waals surface area contributed by atoms with Crippen molar-refractivity contribution in [2.24, 2.45) is 0 Å². The van der Waals surface area contributed by atoms with E-state index in [9.17, 15) is 9.90 Å². The number of aryl methyl sites for hydroxylation is 1. The van der Waals surface area contributed by atoms with E-state index in [0.717, 1.165) is 15.8 Å². The van der Waals surface area contributed by atoms with Crippen LogP contribution in [-0.4, -0.2) is 57.6 Å². The number of anilines is 1. The number of allylic oxidation sites excluding steroid dienone is 3. The molecule has 1 atom stereocenters. The summed E-state index contributed by atoms with van der Waals surface area (Å²) in [7, 11) is 0. The molecule has 8 heteroatoms. The Balaban J connectivity index is 1.62. The van der Waals surface area contributed by atoms with E-state index < -0.39 is 18.4 Å². The summed E-state index contributed by atoms with van der Waals surface area (Å²) in [6.07, 6.45) is 2.58. The molecule has 6 nitrogen and oxygen atoms in total. The Morgan fingerprint density at radius 2 is 2.12 bits per heavy atom. The average molecular weight is 460 g/mol. The summed E-state index contributed by atoms with van der Waals surface area (Å²) in [6.45, 7) is 9.55. The lowest BCUT2D eigenvalue weighted by Crippen LogP contribution is -2.47. The van der Waals surface area contributed by atoms with Gasteiger partial charge in [-0.15, -0.1) is 0 Å². The molecule has 1 fully saturated rings. The van der Waals surface area contributed by atoms with Crippen LogP contribution in [0.25, 0.3) is 10.2 Å². The molecular weight excluding hydrogens is 429 g/mol. The van der Waals surface area contributed by atoms with E-state index in [1.54, 1.807) is 30.9 Å². The maximum absolute atomic E-state index is 15.7. The van der Waals surface area contributed by atoms with Crippen molar-refractivity contribution in [3.05, 3.63) is 59.2 Å². The zero-order valence-electron chi connectivity index (χ0n) is 18.7. The number of rotatable bonds is 6. The fraction of sp³-hybridized carbons (Fsp3) is 0.417. The van der Waals surface area contributed by atoms with Gasteiger partial charge in [0.25, 0.3) is 0 Å². The minimum Gasteiger partial charge on any atom is -0.393 e. The number of fused-ring (bicyclic) bond motifs is 1. The van der Waals surface area contributed by atoms with Crippen LogP contribution in [0, 0.1) is 6.92 Å². The number of piperidine rings is 1. The number of alkyl halides is 1. The van der Waals surface area contributed by atoms with Crippen molar-refractivity contribution in [3.8, 4) is 0 Å². The molecule has 1 aliphatic rings. The molecule has 1 aromatic carbocycles. The summed E-state index contributed by atoms with van der Waals surface area (Å²) < 4.78 is 16.7. The Morgan fingerprint density at radius 3 is 2.75 bits per heavy atom. The molecule has 1 aliphatic heterocycles. The lowest BCUT2D eigenvalue weighted by Gasteiger charge is -2.37. The minimum absolute atomic E-state index is 0.136. The number of likely N-dealkylation sites (tertiary alicyclic amines) is 1. The van der Waals surface area contributed by atoms with E-state index in [1.807, 2.05) is 25.1 Å². The van der Waals surface area contributed by atoms with Gasteiger partial charge in [-0.2, -0.15) is 0 Å². The SMILES string of the molecule is C=C(/C(C)=C\C(=C/C)C(O)CO)C1(F)CCN(C(=O)Nc2nc3ccc(C)cc3s2)CC1. The first-order valence-corrected chi connectivity index (χ1v) is 11.4. The van der Waals surface area contributed by atoms with Gasteiger partial charge in [-0.05, 0) is 55.2 Å². The van der Waals surface area contributed by atoms with Crippen molar-refractivity contribution in [3.63, 3.8) is 0 Å². The maximum Gasteiger partial charge on any atom is 0.323 e. The van der Waals surface area contributed by atoms with Crippen LogP contribution in [0.4, 0.5) is 14.3 Å². The third-order valence-electron chi connectivity index (χ3n) is 5.89. The normalized spacial score (nSPS) is 18.0. The largest absolute Gasteiger partial charge is 0.393 e. The van der Waals surface area contributed by atoms with E-state index in [0.29, 0.717) is 21.9 Å². The number of hydrogen-bond donors (Lipinski definition) is 3. The highest BCUT2D eigenvalue weighted by Crippen LogP contribution is 2.37. The lowest BCUT2D eigenvalue weighted by atomic mass is 9.82. The molecule has 0 bridgehead atoms. The Kier molecular flexibility index (Phi) is 7.48.